The van der Waals surface area contributed by atoms with Crippen molar-refractivity contribution < 1.29 is 23.9 Å². The summed E-state index contributed by atoms with van der Waals surface area (Å²) in [6, 6.07) is 1.32. The summed E-state index contributed by atoms with van der Waals surface area (Å²) in [4.78, 5) is 36.7. The van der Waals surface area contributed by atoms with Crippen molar-refractivity contribution in [2.75, 3.05) is 20.1 Å². The van der Waals surface area contributed by atoms with E-state index in [1.54, 1.807) is 7.05 Å². The van der Waals surface area contributed by atoms with E-state index < -0.39 is 17.8 Å². The number of carbonyl (C=O) groups excluding carboxylic acids is 2. The minimum absolute atomic E-state index is 0.00690. The second-order valence-corrected chi connectivity index (χ2v) is 4.02. The van der Waals surface area contributed by atoms with Crippen LogP contribution in [0.3, 0.4) is 0 Å². The van der Waals surface area contributed by atoms with Crippen LogP contribution in [-0.4, -0.2) is 52.8 Å². The van der Waals surface area contributed by atoms with Crippen LogP contribution in [-0.2, 0) is 16.1 Å². The molecule has 0 aromatic carbocycles. The summed E-state index contributed by atoms with van der Waals surface area (Å²) >= 11 is 0. The number of likely N-dealkylation sites (N-methyl/N-ethyl adjacent to an activating group) is 1. The Bertz CT molecular complexity index is 507. The maximum absolute atomic E-state index is 11.7. The van der Waals surface area contributed by atoms with Crippen LogP contribution in [0.5, 0.6) is 0 Å². The Morgan fingerprint density at radius 2 is 2.11 bits per heavy atom. The van der Waals surface area contributed by atoms with Gasteiger partial charge in [-0.1, -0.05) is 0 Å². The molecule has 1 aliphatic heterocycles. The van der Waals surface area contributed by atoms with E-state index in [9.17, 15) is 14.4 Å². The fraction of sp³-hybridized carbons (Fsp3) is 0.364. The number of aromatic carboxylic acids is 1. The summed E-state index contributed by atoms with van der Waals surface area (Å²) < 4.78 is 5.04. The van der Waals surface area contributed by atoms with Crippen molar-refractivity contribution in [3.63, 3.8) is 0 Å². The van der Waals surface area contributed by atoms with E-state index in [0.717, 1.165) is 0 Å². The maximum Gasteiger partial charge on any atom is 0.339 e. The highest BCUT2D eigenvalue weighted by Gasteiger charge is 2.31. The predicted molar refractivity (Wildman–Crippen MR) is 58.7 cm³/mol. The molecule has 0 unspecified atom stereocenters. The molecule has 2 rings (SSSR count). The molecule has 1 aromatic rings. The molecule has 7 heteroatoms. The summed E-state index contributed by atoms with van der Waals surface area (Å²) in [5.41, 5.74) is 0.00850. The number of hydrogen-bond donors (Lipinski definition) is 1. The molecule has 1 saturated heterocycles. The molecule has 1 N–H and O–H groups in total. The van der Waals surface area contributed by atoms with E-state index in [1.807, 2.05) is 0 Å². The number of furan rings is 1. The van der Waals surface area contributed by atoms with Gasteiger partial charge in [0.1, 0.15) is 11.3 Å². The minimum Gasteiger partial charge on any atom is -0.478 e. The van der Waals surface area contributed by atoms with Gasteiger partial charge in [-0.3, -0.25) is 9.59 Å². The van der Waals surface area contributed by atoms with E-state index in [0.29, 0.717) is 13.1 Å². The van der Waals surface area contributed by atoms with Gasteiger partial charge in [0.25, 0.3) is 0 Å². The normalized spacial score (nSPS) is 16.3. The van der Waals surface area contributed by atoms with E-state index in [2.05, 4.69) is 0 Å². The van der Waals surface area contributed by atoms with E-state index in [4.69, 9.17) is 9.52 Å². The Labute approximate surface area is 103 Å². The van der Waals surface area contributed by atoms with Gasteiger partial charge in [0, 0.05) is 20.1 Å². The van der Waals surface area contributed by atoms with Crippen LogP contribution < -0.4 is 0 Å². The lowest BCUT2D eigenvalue weighted by Crippen LogP contribution is -2.52. The van der Waals surface area contributed by atoms with Crippen molar-refractivity contribution in [1.82, 2.24) is 9.80 Å². The van der Waals surface area contributed by atoms with Gasteiger partial charge in [0.05, 0.1) is 12.8 Å². The molecule has 1 aliphatic rings. The lowest BCUT2D eigenvalue weighted by Gasteiger charge is -2.30. The highest BCUT2D eigenvalue weighted by molar-refractivity contribution is 6.35. The number of carboxylic acid groups (broad SMARTS) is 1. The van der Waals surface area contributed by atoms with Crippen LogP contribution in [0.25, 0.3) is 0 Å². The molecule has 0 radical (unpaired) electrons. The number of carboxylic acids is 1. The Morgan fingerprint density at radius 3 is 2.78 bits per heavy atom. The Kier molecular flexibility index (Phi) is 3.05. The van der Waals surface area contributed by atoms with Gasteiger partial charge in [-0.25, -0.2) is 4.79 Å². The van der Waals surface area contributed by atoms with Crippen molar-refractivity contribution in [2.24, 2.45) is 0 Å². The first-order chi connectivity index (χ1) is 8.50. The summed E-state index contributed by atoms with van der Waals surface area (Å²) in [6.45, 7) is 0.779. The molecule has 7 nitrogen and oxygen atoms in total. The van der Waals surface area contributed by atoms with Gasteiger partial charge in [0.2, 0.25) is 0 Å². The number of hydrogen-bond acceptors (Lipinski definition) is 4. The molecule has 18 heavy (non-hydrogen) atoms. The molecular formula is C11H12N2O5. The quantitative estimate of drug-likeness (QED) is 0.751. The van der Waals surface area contributed by atoms with Gasteiger partial charge >= 0.3 is 17.8 Å². The highest BCUT2D eigenvalue weighted by atomic mass is 16.4. The minimum atomic E-state index is -1.12. The third-order valence-electron chi connectivity index (χ3n) is 2.83. The van der Waals surface area contributed by atoms with Crippen LogP contribution in [0.1, 0.15) is 16.1 Å². The highest BCUT2D eigenvalue weighted by Crippen LogP contribution is 2.15. The Balaban J connectivity index is 2.14. The summed E-state index contributed by atoms with van der Waals surface area (Å²) in [6.07, 6.45) is 1.25. The van der Waals surface area contributed by atoms with Crippen molar-refractivity contribution in [2.45, 2.75) is 6.54 Å². The third-order valence-corrected chi connectivity index (χ3v) is 2.83. The van der Waals surface area contributed by atoms with Gasteiger partial charge in [-0.15, -0.1) is 0 Å². The van der Waals surface area contributed by atoms with Crippen molar-refractivity contribution >= 4 is 17.8 Å². The number of carbonyl (C=O) groups is 3. The largest absolute Gasteiger partial charge is 0.478 e. The molecular weight excluding hydrogens is 240 g/mol. The molecule has 96 valence electrons. The number of amides is 2. The fourth-order valence-corrected chi connectivity index (χ4v) is 1.75. The van der Waals surface area contributed by atoms with E-state index in [-0.39, 0.29) is 17.9 Å². The first-order valence-corrected chi connectivity index (χ1v) is 5.34. The Hall–Kier alpha value is -2.31. The molecule has 0 spiro atoms. The van der Waals surface area contributed by atoms with Crippen LogP contribution >= 0.6 is 0 Å². The second-order valence-electron chi connectivity index (χ2n) is 4.02. The number of rotatable bonds is 3. The monoisotopic (exact) mass is 252 g/mol. The lowest BCUT2D eigenvalue weighted by molar-refractivity contribution is -0.155. The van der Waals surface area contributed by atoms with Gasteiger partial charge in [-0.05, 0) is 6.07 Å². The lowest BCUT2D eigenvalue weighted by atomic mass is 10.2. The van der Waals surface area contributed by atoms with Crippen LogP contribution in [0.2, 0.25) is 0 Å². The first kappa shape index (κ1) is 12.2. The molecule has 0 atom stereocenters. The molecule has 0 aliphatic carbocycles. The number of nitrogens with zero attached hydrogens (tertiary/aromatic N) is 2. The zero-order chi connectivity index (χ0) is 13.3. The smallest absolute Gasteiger partial charge is 0.339 e. The predicted octanol–water partition coefficient (Wildman–Crippen LogP) is -0.222. The molecule has 1 aromatic heterocycles. The van der Waals surface area contributed by atoms with E-state index in [1.165, 1.54) is 22.1 Å². The van der Waals surface area contributed by atoms with Gasteiger partial charge < -0.3 is 19.3 Å². The summed E-state index contributed by atoms with van der Waals surface area (Å²) in [5.74, 6) is -2.18. The van der Waals surface area contributed by atoms with Crippen molar-refractivity contribution in [3.8, 4) is 0 Å². The first-order valence-electron chi connectivity index (χ1n) is 5.34. The van der Waals surface area contributed by atoms with Crippen LogP contribution in [0.4, 0.5) is 0 Å². The van der Waals surface area contributed by atoms with Crippen molar-refractivity contribution in [1.29, 1.82) is 0 Å². The number of piperazine rings is 1. The molecule has 0 saturated carbocycles. The SMILES string of the molecule is CN1CCN(Cc2occc2C(=O)O)C(=O)C1=O. The average molecular weight is 252 g/mol. The van der Waals surface area contributed by atoms with Crippen LogP contribution in [0.15, 0.2) is 16.7 Å². The maximum atomic E-state index is 11.7. The second kappa shape index (κ2) is 4.52. The van der Waals surface area contributed by atoms with E-state index >= 15 is 0 Å². The average Bonchev–Trinajstić information content (AvgIpc) is 2.78. The van der Waals surface area contributed by atoms with Crippen LogP contribution in [0, 0.1) is 0 Å². The zero-order valence-electron chi connectivity index (χ0n) is 9.75. The standard InChI is InChI=1S/C11H12N2O5/c1-12-3-4-13(10(15)9(12)14)6-8-7(11(16)17)2-5-18-8/h2,5H,3-4,6H2,1H3,(H,16,17). The third kappa shape index (κ3) is 2.06. The fourth-order valence-electron chi connectivity index (χ4n) is 1.75. The van der Waals surface area contributed by atoms with Gasteiger partial charge in [0.15, 0.2) is 0 Å². The van der Waals surface area contributed by atoms with Gasteiger partial charge in [-0.2, -0.15) is 0 Å². The van der Waals surface area contributed by atoms with Crippen molar-refractivity contribution in [3.05, 3.63) is 23.7 Å². The zero-order valence-corrected chi connectivity index (χ0v) is 9.75. The summed E-state index contributed by atoms with van der Waals surface area (Å²) in [5, 5.41) is 8.91. The molecule has 2 heterocycles. The molecule has 0 bridgehead atoms. The summed E-state index contributed by atoms with van der Waals surface area (Å²) in [7, 11) is 1.55. The topological polar surface area (TPSA) is 91.1 Å². The Morgan fingerprint density at radius 1 is 1.39 bits per heavy atom. The molecule has 1 fully saturated rings. The molecule has 2 amide bonds.